The molecule has 0 bridgehead atoms. The van der Waals surface area contributed by atoms with E-state index in [9.17, 15) is 5.26 Å². The number of hydrogen-bond acceptors (Lipinski definition) is 5. The van der Waals surface area contributed by atoms with Gasteiger partial charge >= 0.3 is 0 Å². The van der Waals surface area contributed by atoms with E-state index in [-0.39, 0.29) is 12.0 Å². The predicted molar refractivity (Wildman–Crippen MR) is 70.2 cm³/mol. The summed E-state index contributed by atoms with van der Waals surface area (Å²) >= 11 is 0. The number of nitrogens with two attached hydrogens (primary N) is 1. The third kappa shape index (κ3) is 1.66. The van der Waals surface area contributed by atoms with Crippen molar-refractivity contribution in [3.8, 4) is 17.5 Å². The van der Waals surface area contributed by atoms with Crippen molar-refractivity contribution in [1.29, 1.82) is 5.26 Å². The number of rotatable bonds is 1. The summed E-state index contributed by atoms with van der Waals surface area (Å²) in [6.07, 6.45) is 3.39. The first-order valence-corrected chi connectivity index (χ1v) is 6.25. The lowest BCUT2D eigenvalue weighted by atomic mass is 9.93. The first-order valence-electron chi connectivity index (χ1n) is 6.25. The average Bonchev–Trinajstić information content (AvgIpc) is 2.77. The van der Waals surface area contributed by atoms with Crippen LogP contribution in [0.25, 0.3) is 11.4 Å². The lowest BCUT2D eigenvalue weighted by Gasteiger charge is -2.18. The van der Waals surface area contributed by atoms with Gasteiger partial charge in [0.1, 0.15) is 6.07 Å². The summed E-state index contributed by atoms with van der Waals surface area (Å²) in [6, 6.07) is 2.33. The van der Waals surface area contributed by atoms with Crippen LogP contribution < -0.4 is 5.73 Å². The van der Waals surface area contributed by atoms with E-state index in [0.717, 1.165) is 35.4 Å². The van der Waals surface area contributed by atoms with Crippen molar-refractivity contribution in [3.63, 3.8) is 0 Å². The lowest BCUT2D eigenvalue weighted by Crippen LogP contribution is -2.13. The van der Waals surface area contributed by atoms with Crippen LogP contribution in [0.2, 0.25) is 0 Å². The van der Waals surface area contributed by atoms with Gasteiger partial charge in [0.15, 0.2) is 5.69 Å². The Balaban J connectivity index is 2.33. The Morgan fingerprint density at radius 3 is 2.89 bits per heavy atom. The molecule has 0 unspecified atom stereocenters. The second kappa shape index (κ2) is 4.05. The summed E-state index contributed by atoms with van der Waals surface area (Å²) in [5.41, 5.74) is 9.95. The lowest BCUT2D eigenvalue weighted by molar-refractivity contribution is 0.535. The van der Waals surface area contributed by atoms with Gasteiger partial charge in [0.2, 0.25) is 5.95 Å². The van der Waals surface area contributed by atoms with Crippen LogP contribution in [0.1, 0.15) is 36.7 Å². The number of aromatic nitrogens is 4. The van der Waals surface area contributed by atoms with Crippen molar-refractivity contribution in [3.05, 3.63) is 23.0 Å². The minimum atomic E-state index is 0.165. The smallest absolute Gasteiger partial charge is 0.220 e. The van der Waals surface area contributed by atoms with E-state index in [0.29, 0.717) is 5.69 Å². The molecule has 0 aliphatic heterocycles. The topological polar surface area (TPSA) is 93.4 Å². The van der Waals surface area contributed by atoms with Crippen molar-refractivity contribution in [2.24, 2.45) is 0 Å². The van der Waals surface area contributed by atoms with Crippen molar-refractivity contribution >= 4 is 5.95 Å². The molecule has 2 aromatic heterocycles. The molecule has 0 fully saturated rings. The molecule has 3 rings (SSSR count). The van der Waals surface area contributed by atoms with Crippen LogP contribution in [-0.4, -0.2) is 19.7 Å². The molecule has 6 heteroatoms. The zero-order valence-corrected chi connectivity index (χ0v) is 10.9. The van der Waals surface area contributed by atoms with E-state index in [2.05, 4.69) is 21.1 Å². The van der Waals surface area contributed by atoms with Crippen LogP contribution in [-0.2, 0) is 12.8 Å². The average molecular weight is 254 g/mol. The standard InChI is InChI=1S/C13H14N6/c1-7(2)19-12-9(10(5-14)18-19)4-3-8-6-16-13(15)17-11(8)12/h6-7H,3-4H2,1-2H3,(H2,15,16,17). The van der Waals surface area contributed by atoms with Gasteiger partial charge in [0.25, 0.3) is 0 Å². The van der Waals surface area contributed by atoms with Crippen molar-refractivity contribution in [2.45, 2.75) is 32.7 Å². The predicted octanol–water partition coefficient (Wildman–Crippen LogP) is 1.47. The summed E-state index contributed by atoms with van der Waals surface area (Å²) < 4.78 is 1.86. The van der Waals surface area contributed by atoms with E-state index in [4.69, 9.17) is 5.73 Å². The number of hydrogen-bond donors (Lipinski definition) is 1. The fourth-order valence-corrected chi connectivity index (χ4v) is 2.49. The molecule has 1 aliphatic rings. The molecule has 0 saturated heterocycles. The number of anilines is 1. The number of nitriles is 1. The van der Waals surface area contributed by atoms with Crippen LogP contribution in [0, 0.1) is 11.3 Å². The summed E-state index contributed by atoms with van der Waals surface area (Å²) in [5.74, 6) is 0.251. The molecular formula is C13H14N6. The molecular weight excluding hydrogens is 240 g/mol. The summed E-state index contributed by atoms with van der Waals surface area (Å²) in [4.78, 5) is 8.38. The molecule has 1 aliphatic carbocycles. The minimum Gasteiger partial charge on any atom is -0.368 e. The molecule has 19 heavy (non-hydrogen) atoms. The highest BCUT2D eigenvalue weighted by Crippen LogP contribution is 2.35. The van der Waals surface area contributed by atoms with Gasteiger partial charge < -0.3 is 5.73 Å². The highest BCUT2D eigenvalue weighted by atomic mass is 15.3. The minimum absolute atomic E-state index is 0.165. The Morgan fingerprint density at radius 1 is 1.42 bits per heavy atom. The number of fused-ring (bicyclic) bond motifs is 3. The molecule has 2 aromatic rings. The first-order chi connectivity index (χ1) is 9.11. The van der Waals surface area contributed by atoms with E-state index in [1.165, 1.54) is 0 Å². The molecule has 0 atom stereocenters. The Morgan fingerprint density at radius 2 is 2.21 bits per heavy atom. The molecule has 96 valence electrons. The third-order valence-electron chi connectivity index (χ3n) is 3.36. The van der Waals surface area contributed by atoms with Gasteiger partial charge in [-0.1, -0.05) is 0 Å². The van der Waals surface area contributed by atoms with Crippen molar-refractivity contribution in [2.75, 3.05) is 5.73 Å². The van der Waals surface area contributed by atoms with Crippen molar-refractivity contribution in [1.82, 2.24) is 19.7 Å². The maximum Gasteiger partial charge on any atom is 0.220 e. The van der Waals surface area contributed by atoms with E-state index in [1.54, 1.807) is 6.20 Å². The SMILES string of the molecule is CC(C)n1nc(C#N)c2c1-c1nc(N)ncc1CC2. The second-order valence-electron chi connectivity index (χ2n) is 4.93. The van der Waals surface area contributed by atoms with E-state index >= 15 is 0 Å². The highest BCUT2D eigenvalue weighted by Gasteiger charge is 2.27. The number of nitrogens with zero attached hydrogens (tertiary/aromatic N) is 5. The number of aryl methyl sites for hydroxylation is 1. The summed E-state index contributed by atoms with van der Waals surface area (Å²) in [5, 5.41) is 13.6. The monoisotopic (exact) mass is 254 g/mol. The van der Waals surface area contributed by atoms with E-state index in [1.807, 2.05) is 18.5 Å². The largest absolute Gasteiger partial charge is 0.368 e. The fourth-order valence-electron chi connectivity index (χ4n) is 2.49. The maximum atomic E-state index is 9.21. The molecule has 0 spiro atoms. The Labute approximate surface area is 110 Å². The quantitative estimate of drug-likeness (QED) is 0.831. The molecule has 2 heterocycles. The molecule has 0 aromatic carbocycles. The zero-order chi connectivity index (χ0) is 13.6. The van der Waals surface area contributed by atoms with E-state index < -0.39 is 0 Å². The third-order valence-corrected chi connectivity index (χ3v) is 3.36. The summed E-state index contributed by atoms with van der Waals surface area (Å²) in [6.45, 7) is 4.07. The van der Waals surface area contributed by atoms with Gasteiger partial charge in [-0.2, -0.15) is 10.4 Å². The molecule has 6 nitrogen and oxygen atoms in total. The number of nitrogen functional groups attached to an aromatic ring is 1. The van der Waals surface area contributed by atoms with Gasteiger partial charge in [-0.15, -0.1) is 0 Å². The fraction of sp³-hybridized carbons (Fsp3) is 0.385. The second-order valence-corrected chi connectivity index (χ2v) is 4.93. The van der Waals surface area contributed by atoms with Crippen LogP contribution >= 0.6 is 0 Å². The maximum absolute atomic E-state index is 9.21. The summed E-state index contributed by atoms with van der Waals surface area (Å²) in [7, 11) is 0. The highest BCUT2D eigenvalue weighted by molar-refractivity contribution is 5.69. The Hall–Kier alpha value is -2.42. The molecule has 0 radical (unpaired) electrons. The molecule has 0 saturated carbocycles. The Bertz CT molecular complexity index is 692. The Kier molecular flexibility index (Phi) is 2.49. The normalized spacial score (nSPS) is 12.9. The van der Waals surface area contributed by atoms with Crippen LogP contribution in [0.4, 0.5) is 5.95 Å². The first kappa shape index (κ1) is 11.7. The van der Waals surface area contributed by atoms with Gasteiger partial charge in [-0.05, 0) is 32.3 Å². The van der Waals surface area contributed by atoms with Gasteiger partial charge in [0.05, 0.1) is 11.4 Å². The van der Waals surface area contributed by atoms with Gasteiger partial charge in [-0.25, -0.2) is 9.97 Å². The van der Waals surface area contributed by atoms with Crippen LogP contribution in [0.15, 0.2) is 6.20 Å². The zero-order valence-electron chi connectivity index (χ0n) is 10.9. The van der Waals surface area contributed by atoms with Crippen LogP contribution in [0.5, 0.6) is 0 Å². The van der Waals surface area contributed by atoms with Crippen LogP contribution in [0.3, 0.4) is 0 Å². The van der Waals surface area contributed by atoms with Crippen molar-refractivity contribution < 1.29 is 0 Å². The van der Waals surface area contributed by atoms with Gasteiger partial charge in [-0.3, -0.25) is 4.68 Å². The molecule has 2 N–H and O–H groups in total. The molecule has 0 amide bonds. The van der Waals surface area contributed by atoms with Gasteiger partial charge in [0, 0.05) is 17.8 Å².